The number of carboxylic acid groups (broad SMARTS) is 1. The van der Waals surface area contributed by atoms with E-state index in [1.165, 1.54) is 24.4 Å². The minimum Gasteiger partial charge on any atom is -0.477 e. The lowest BCUT2D eigenvalue weighted by Gasteiger charge is -2.19. The van der Waals surface area contributed by atoms with Crippen LogP contribution in [0.25, 0.3) is 0 Å². The van der Waals surface area contributed by atoms with Crippen LogP contribution in [0.2, 0.25) is 5.02 Å². The van der Waals surface area contributed by atoms with Crippen LogP contribution in [-0.4, -0.2) is 24.5 Å². The molecule has 0 atom stereocenters. The molecule has 0 fully saturated rings. The van der Waals surface area contributed by atoms with E-state index in [9.17, 15) is 13.2 Å². The summed E-state index contributed by atoms with van der Waals surface area (Å²) in [6.45, 7) is 6.11. The molecule has 7 heteroatoms. The number of rotatable bonds is 4. The van der Waals surface area contributed by atoms with Crippen molar-refractivity contribution in [3.63, 3.8) is 0 Å². The van der Waals surface area contributed by atoms with E-state index in [2.05, 4.69) is 4.98 Å². The second-order valence-electron chi connectivity index (χ2n) is 6.50. The summed E-state index contributed by atoms with van der Waals surface area (Å²) < 4.78 is 25.2. The second kappa shape index (κ2) is 6.53. The molecule has 1 N–H and O–H groups in total. The van der Waals surface area contributed by atoms with Gasteiger partial charge in [0.1, 0.15) is 0 Å². The molecule has 5 nitrogen and oxygen atoms in total. The largest absolute Gasteiger partial charge is 0.477 e. The van der Waals surface area contributed by atoms with Gasteiger partial charge in [0.25, 0.3) is 0 Å². The summed E-state index contributed by atoms with van der Waals surface area (Å²) in [6.07, 6.45) is 1.18. The third-order valence-electron chi connectivity index (χ3n) is 3.56. The van der Waals surface area contributed by atoms with Gasteiger partial charge in [-0.05, 0) is 29.2 Å². The van der Waals surface area contributed by atoms with Crippen LogP contribution in [0.5, 0.6) is 0 Å². The number of halogens is 1. The van der Waals surface area contributed by atoms with Gasteiger partial charge in [-0.15, -0.1) is 0 Å². The Kier molecular flexibility index (Phi) is 5.01. The zero-order chi connectivity index (χ0) is 18.1. The third-order valence-corrected chi connectivity index (χ3v) is 5.45. The van der Waals surface area contributed by atoms with Crippen molar-refractivity contribution in [1.82, 2.24) is 4.98 Å². The number of nitrogens with zero attached hydrogens (tertiary/aromatic N) is 1. The van der Waals surface area contributed by atoms with E-state index in [1.807, 2.05) is 20.8 Å². The van der Waals surface area contributed by atoms with Crippen molar-refractivity contribution in [3.8, 4) is 0 Å². The average Bonchev–Trinajstić information content (AvgIpc) is 2.45. The topological polar surface area (TPSA) is 84.3 Å². The molecule has 0 aliphatic carbocycles. The van der Waals surface area contributed by atoms with Crippen molar-refractivity contribution in [2.45, 2.75) is 36.8 Å². The maximum absolute atomic E-state index is 12.6. The van der Waals surface area contributed by atoms with Crippen LogP contribution in [0.4, 0.5) is 0 Å². The van der Waals surface area contributed by atoms with Gasteiger partial charge in [-0.2, -0.15) is 0 Å². The zero-order valence-electron chi connectivity index (χ0n) is 13.6. The molecule has 2 aromatic rings. The van der Waals surface area contributed by atoms with Gasteiger partial charge in [0.2, 0.25) is 0 Å². The van der Waals surface area contributed by atoms with Gasteiger partial charge >= 0.3 is 5.97 Å². The van der Waals surface area contributed by atoms with Gasteiger partial charge in [-0.25, -0.2) is 18.2 Å². The molecule has 0 saturated heterocycles. The molecule has 0 aliphatic heterocycles. The number of carbonyl (C=O) groups is 1. The van der Waals surface area contributed by atoms with Crippen LogP contribution >= 0.6 is 11.6 Å². The first-order chi connectivity index (χ1) is 11.0. The van der Waals surface area contributed by atoms with Crippen LogP contribution in [0, 0.1) is 0 Å². The van der Waals surface area contributed by atoms with Gasteiger partial charge in [-0.1, -0.05) is 44.5 Å². The van der Waals surface area contributed by atoms with E-state index in [0.29, 0.717) is 0 Å². The molecule has 1 heterocycles. The van der Waals surface area contributed by atoms with Crippen LogP contribution in [0.1, 0.15) is 42.4 Å². The smallest absolute Gasteiger partial charge is 0.354 e. The zero-order valence-corrected chi connectivity index (χ0v) is 15.1. The third kappa shape index (κ3) is 4.13. The maximum atomic E-state index is 12.6. The first kappa shape index (κ1) is 18.4. The van der Waals surface area contributed by atoms with Crippen molar-refractivity contribution < 1.29 is 18.3 Å². The Morgan fingerprint density at radius 1 is 1.21 bits per heavy atom. The number of aromatic carboxylic acids is 1. The van der Waals surface area contributed by atoms with Crippen LogP contribution in [0.3, 0.4) is 0 Å². The number of aromatic nitrogens is 1. The predicted octanol–water partition coefficient (Wildman–Crippen LogP) is 3.70. The molecule has 0 bridgehead atoms. The molecule has 128 valence electrons. The fourth-order valence-corrected chi connectivity index (χ4v) is 3.76. The molecule has 1 aromatic carbocycles. The quantitative estimate of drug-likeness (QED) is 0.890. The molecular weight excluding hydrogens is 350 g/mol. The number of sulfone groups is 1. The highest BCUT2D eigenvalue weighted by Crippen LogP contribution is 2.25. The molecule has 0 unspecified atom stereocenters. The van der Waals surface area contributed by atoms with Gasteiger partial charge in [0, 0.05) is 11.8 Å². The fraction of sp³-hybridized carbons (Fsp3) is 0.294. The van der Waals surface area contributed by atoms with E-state index >= 15 is 0 Å². The summed E-state index contributed by atoms with van der Waals surface area (Å²) in [5, 5.41) is 9.34. The summed E-state index contributed by atoms with van der Waals surface area (Å²) in [5.41, 5.74) is 0.677. The number of hydrogen-bond acceptors (Lipinski definition) is 4. The van der Waals surface area contributed by atoms with Crippen LogP contribution < -0.4 is 0 Å². The van der Waals surface area contributed by atoms with Crippen LogP contribution in [0.15, 0.2) is 41.4 Å². The number of carboxylic acids is 1. The summed E-state index contributed by atoms with van der Waals surface area (Å²) in [7, 11) is -3.71. The Bertz CT molecular complexity index is 868. The first-order valence-electron chi connectivity index (χ1n) is 7.22. The fourth-order valence-electron chi connectivity index (χ4n) is 2.23. The van der Waals surface area contributed by atoms with Gasteiger partial charge in [0.05, 0.1) is 15.7 Å². The Morgan fingerprint density at radius 3 is 2.29 bits per heavy atom. The summed E-state index contributed by atoms with van der Waals surface area (Å²) in [6, 6.07) is 7.92. The van der Waals surface area contributed by atoms with Crippen LogP contribution in [-0.2, 0) is 21.0 Å². The normalized spacial score (nSPS) is 12.2. The Hall–Kier alpha value is -1.92. The lowest BCUT2D eigenvalue weighted by atomic mass is 9.87. The van der Waals surface area contributed by atoms with Crippen molar-refractivity contribution in [2.24, 2.45) is 0 Å². The highest BCUT2D eigenvalue weighted by Gasteiger charge is 2.22. The van der Waals surface area contributed by atoms with E-state index in [0.717, 1.165) is 5.56 Å². The molecule has 0 radical (unpaired) electrons. The van der Waals surface area contributed by atoms with Crippen molar-refractivity contribution in [2.75, 3.05) is 0 Å². The van der Waals surface area contributed by atoms with E-state index in [4.69, 9.17) is 16.7 Å². The molecular formula is C17H18ClNO4S. The molecule has 0 amide bonds. The molecule has 2 rings (SSSR count). The molecule has 0 spiro atoms. The SMILES string of the molecule is CC(C)(C)c1ccc(S(=O)(=O)Cc2cc(Cl)cnc2C(=O)O)cc1. The predicted molar refractivity (Wildman–Crippen MR) is 92.2 cm³/mol. The minimum atomic E-state index is -3.71. The number of benzene rings is 1. The second-order valence-corrected chi connectivity index (χ2v) is 8.93. The monoisotopic (exact) mass is 367 g/mol. The Morgan fingerprint density at radius 2 is 1.79 bits per heavy atom. The Balaban J connectivity index is 2.39. The highest BCUT2D eigenvalue weighted by atomic mass is 35.5. The van der Waals surface area contributed by atoms with E-state index in [1.54, 1.807) is 12.1 Å². The lowest BCUT2D eigenvalue weighted by Crippen LogP contribution is -2.13. The van der Waals surface area contributed by atoms with Gasteiger partial charge in [-0.3, -0.25) is 0 Å². The van der Waals surface area contributed by atoms with Crippen molar-refractivity contribution >= 4 is 27.4 Å². The minimum absolute atomic E-state index is 0.0647. The molecule has 1 aromatic heterocycles. The number of pyridine rings is 1. The standard InChI is InChI=1S/C17H18ClNO4S/c1-17(2,3)12-4-6-14(7-5-12)24(22,23)10-11-8-13(18)9-19-15(11)16(20)21/h4-9H,10H2,1-3H3,(H,20,21). The van der Waals surface area contributed by atoms with E-state index < -0.39 is 21.6 Å². The molecule has 24 heavy (non-hydrogen) atoms. The first-order valence-corrected chi connectivity index (χ1v) is 9.25. The van der Waals surface area contributed by atoms with Crippen molar-refractivity contribution in [1.29, 1.82) is 0 Å². The summed E-state index contributed by atoms with van der Waals surface area (Å²) >= 11 is 5.82. The average molecular weight is 368 g/mol. The molecule has 0 aliphatic rings. The van der Waals surface area contributed by atoms with Crippen molar-refractivity contribution in [3.05, 3.63) is 58.4 Å². The summed E-state index contributed by atoms with van der Waals surface area (Å²) in [5.74, 6) is -1.77. The maximum Gasteiger partial charge on any atom is 0.354 e. The number of hydrogen-bond donors (Lipinski definition) is 1. The van der Waals surface area contributed by atoms with Gasteiger partial charge in [0.15, 0.2) is 15.5 Å². The lowest BCUT2D eigenvalue weighted by molar-refractivity contribution is 0.0689. The van der Waals surface area contributed by atoms with E-state index in [-0.39, 0.29) is 26.6 Å². The Labute approximate surface area is 146 Å². The highest BCUT2D eigenvalue weighted by molar-refractivity contribution is 7.90. The summed E-state index contributed by atoms with van der Waals surface area (Å²) in [4.78, 5) is 15.0. The van der Waals surface area contributed by atoms with Gasteiger partial charge < -0.3 is 5.11 Å². The molecule has 0 saturated carbocycles.